The summed E-state index contributed by atoms with van der Waals surface area (Å²) in [5.41, 5.74) is 1.12. The van der Waals surface area contributed by atoms with Gasteiger partial charge in [0.05, 0.1) is 15.6 Å². The van der Waals surface area contributed by atoms with Crippen molar-refractivity contribution in [2.24, 2.45) is 0 Å². The number of amides is 2. The van der Waals surface area contributed by atoms with Gasteiger partial charge < -0.3 is 10.2 Å². The summed E-state index contributed by atoms with van der Waals surface area (Å²) >= 11 is 19.1. The van der Waals surface area contributed by atoms with Crippen molar-refractivity contribution >= 4 is 62.3 Å². The predicted octanol–water partition coefficient (Wildman–Crippen LogP) is 7.15. The Hall–Kier alpha value is -3.63. The molecule has 0 unspecified atom stereocenters. The molecule has 0 aliphatic rings. The van der Waals surface area contributed by atoms with Gasteiger partial charge >= 0.3 is 0 Å². The molecule has 236 valence electrons. The van der Waals surface area contributed by atoms with E-state index in [2.05, 4.69) is 5.32 Å². The molecule has 1 atom stereocenters. The number of hydrogen-bond acceptors (Lipinski definition) is 4. The predicted molar refractivity (Wildman–Crippen MR) is 177 cm³/mol. The summed E-state index contributed by atoms with van der Waals surface area (Å²) in [6, 6.07) is 23.8. The SMILES string of the molecule is CCCNC(=O)[C@@H](Cc1ccccc1)N(Cc1c(Cl)cccc1Cl)C(=O)CN(c1ccc(F)c(Cl)c1)S(=O)(=O)c1ccccc1. The largest absolute Gasteiger partial charge is 0.354 e. The van der Waals surface area contributed by atoms with Crippen molar-refractivity contribution in [1.82, 2.24) is 10.2 Å². The van der Waals surface area contributed by atoms with Gasteiger partial charge in [0.15, 0.2) is 0 Å². The highest BCUT2D eigenvalue weighted by Crippen LogP contribution is 2.30. The minimum atomic E-state index is -4.37. The first kappa shape index (κ1) is 34.2. The zero-order chi connectivity index (χ0) is 32.6. The Morgan fingerprint density at radius 3 is 2.07 bits per heavy atom. The highest BCUT2D eigenvalue weighted by Gasteiger charge is 2.35. The molecule has 0 saturated heterocycles. The van der Waals surface area contributed by atoms with Gasteiger partial charge in [0.25, 0.3) is 10.0 Å². The lowest BCUT2D eigenvalue weighted by molar-refractivity contribution is -0.140. The molecule has 0 spiro atoms. The van der Waals surface area contributed by atoms with Crippen LogP contribution in [-0.2, 0) is 32.6 Å². The summed E-state index contributed by atoms with van der Waals surface area (Å²) in [5.74, 6) is -1.91. The van der Waals surface area contributed by atoms with Crippen LogP contribution < -0.4 is 9.62 Å². The third-order valence-corrected chi connectivity index (χ3v) is 9.80. The van der Waals surface area contributed by atoms with E-state index in [-0.39, 0.29) is 38.6 Å². The van der Waals surface area contributed by atoms with Gasteiger partial charge in [-0.25, -0.2) is 12.8 Å². The van der Waals surface area contributed by atoms with Crippen LogP contribution in [0.25, 0.3) is 0 Å². The van der Waals surface area contributed by atoms with E-state index < -0.39 is 40.2 Å². The van der Waals surface area contributed by atoms with Crippen LogP contribution in [0.1, 0.15) is 24.5 Å². The average Bonchev–Trinajstić information content (AvgIpc) is 3.03. The maximum atomic E-state index is 14.4. The third-order valence-electron chi connectivity index (χ3n) is 7.01. The highest BCUT2D eigenvalue weighted by atomic mass is 35.5. The second-order valence-corrected chi connectivity index (χ2v) is 13.2. The van der Waals surface area contributed by atoms with E-state index in [0.717, 1.165) is 22.0 Å². The number of anilines is 1. The summed E-state index contributed by atoms with van der Waals surface area (Å²) in [6.45, 7) is 1.33. The zero-order valence-electron chi connectivity index (χ0n) is 24.3. The van der Waals surface area contributed by atoms with Crippen LogP contribution in [0.15, 0.2) is 102 Å². The van der Waals surface area contributed by atoms with E-state index in [1.807, 2.05) is 37.3 Å². The van der Waals surface area contributed by atoms with E-state index in [0.29, 0.717) is 18.5 Å². The van der Waals surface area contributed by atoms with Gasteiger partial charge in [-0.15, -0.1) is 0 Å². The van der Waals surface area contributed by atoms with Gasteiger partial charge in [-0.1, -0.05) is 96.3 Å². The van der Waals surface area contributed by atoms with Crippen LogP contribution in [0.4, 0.5) is 10.1 Å². The molecule has 0 heterocycles. The van der Waals surface area contributed by atoms with Crippen molar-refractivity contribution in [1.29, 1.82) is 0 Å². The maximum absolute atomic E-state index is 14.4. The number of hydrogen-bond donors (Lipinski definition) is 1. The molecule has 0 aromatic heterocycles. The van der Waals surface area contributed by atoms with E-state index in [9.17, 15) is 22.4 Å². The monoisotopic (exact) mass is 689 g/mol. The van der Waals surface area contributed by atoms with E-state index in [1.54, 1.807) is 36.4 Å². The van der Waals surface area contributed by atoms with E-state index >= 15 is 0 Å². The second-order valence-electron chi connectivity index (χ2n) is 10.1. The molecular weight excluding hydrogens is 660 g/mol. The third kappa shape index (κ3) is 8.55. The van der Waals surface area contributed by atoms with Crippen LogP contribution in [0, 0.1) is 5.82 Å². The van der Waals surface area contributed by atoms with Gasteiger partial charge in [-0.05, 0) is 54.4 Å². The van der Waals surface area contributed by atoms with Gasteiger partial charge in [-0.2, -0.15) is 0 Å². The fourth-order valence-corrected chi connectivity index (χ4v) is 6.78. The molecule has 0 saturated carbocycles. The molecule has 1 N–H and O–H groups in total. The number of carbonyl (C=O) groups is 2. The van der Waals surface area contributed by atoms with Crippen LogP contribution >= 0.6 is 34.8 Å². The molecule has 0 aliphatic carbocycles. The van der Waals surface area contributed by atoms with Crippen molar-refractivity contribution in [3.05, 3.63) is 129 Å². The number of carbonyl (C=O) groups excluding carboxylic acids is 2. The Kier molecular flexibility index (Phi) is 11.9. The fourth-order valence-electron chi connectivity index (χ4n) is 4.66. The first-order valence-corrected chi connectivity index (χ1v) is 16.7. The minimum absolute atomic E-state index is 0.0376. The Balaban J connectivity index is 1.84. The zero-order valence-corrected chi connectivity index (χ0v) is 27.4. The molecule has 0 aliphatic heterocycles. The molecule has 0 fully saturated rings. The van der Waals surface area contributed by atoms with Crippen LogP contribution in [0.3, 0.4) is 0 Å². The summed E-state index contributed by atoms with van der Waals surface area (Å²) in [5, 5.41) is 3.08. The van der Waals surface area contributed by atoms with Crippen molar-refractivity contribution in [3.8, 4) is 0 Å². The molecule has 12 heteroatoms. The first-order valence-electron chi connectivity index (χ1n) is 14.1. The van der Waals surface area contributed by atoms with E-state index in [4.69, 9.17) is 34.8 Å². The Bertz CT molecular complexity index is 1720. The topological polar surface area (TPSA) is 86.8 Å². The summed E-state index contributed by atoms with van der Waals surface area (Å²) < 4.78 is 43.0. The van der Waals surface area contributed by atoms with E-state index in [1.165, 1.54) is 23.1 Å². The number of nitrogens with zero attached hydrogens (tertiary/aromatic N) is 2. The van der Waals surface area contributed by atoms with Gasteiger partial charge in [-0.3, -0.25) is 13.9 Å². The van der Waals surface area contributed by atoms with Crippen molar-refractivity contribution in [2.75, 3.05) is 17.4 Å². The molecule has 45 heavy (non-hydrogen) atoms. The van der Waals surface area contributed by atoms with Gasteiger partial charge in [0, 0.05) is 35.1 Å². The summed E-state index contributed by atoms with van der Waals surface area (Å²) in [4.78, 5) is 29.3. The molecule has 4 rings (SSSR count). The number of nitrogens with one attached hydrogen (secondary N) is 1. The maximum Gasteiger partial charge on any atom is 0.264 e. The Labute approximate surface area is 277 Å². The van der Waals surface area contributed by atoms with Crippen molar-refractivity contribution in [3.63, 3.8) is 0 Å². The number of sulfonamides is 1. The van der Waals surface area contributed by atoms with Crippen LogP contribution in [-0.4, -0.2) is 44.3 Å². The van der Waals surface area contributed by atoms with Crippen LogP contribution in [0.2, 0.25) is 15.1 Å². The molecule has 4 aromatic carbocycles. The smallest absolute Gasteiger partial charge is 0.264 e. The fraction of sp³-hybridized carbons (Fsp3) is 0.212. The molecule has 7 nitrogen and oxygen atoms in total. The standard InChI is InChI=1S/C33H31Cl3FN3O4S/c1-2-18-38-33(42)31(19-23-10-5-3-6-11-23)39(21-26-27(34)14-9-15-28(26)35)32(41)22-40(24-16-17-30(37)29(36)20-24)45(43,44)25-12-7-4-8-13-25/h3-17,20,31H,2,18-19,21-22H2,1H3,(H,38,42)/t31-/m1/s1. The van der Waals surface area contributed by atoms with Crippen molar-refractivity contribution in [2.45, 2.75) is 37.2 Å². The van der Waals surface area contributed by atoms with Gasteiger partial charge in [0.1, 0.15) is 18.4 Å². The van der Waals surface area contributed by atoms with Crippen LogP contribution in [0.5, 0.6) is 0 Å². The summed E-state index contributed by atoms with van der Waals surface area (Å²) in [7, 11) is -4.37. The average molecular weight is 691 g/mol. The Morgan fingerprint density at radius 1 is 0.844 bits per heavy atom. The lowest BCUT2D eigenvalue weighted by atomic mass is 10.0. The number of rotatable bonds is 13. The lowest BCUT2D eigenvalue weighted by Gasteiger charge is -2.34. The Morgan fingerprint density at radius 2 is 1.47 bits per heavy atom. The molecule has 2 amide bonds. The molecule has 4 aromatic rings. The molecule has 0 bridgehead atoms. The highest BCUT2D eigenvalue weighted by molar-refractivity contribution is 7.92. The number of benzene rings is 4. The summed E-state index contributed by atoms with van der Waals surface area (Å²) in [6.07, 6.45) is 0.778. The first-order chi connectivity index (χ1) is 21.5. The minimum Gasteiger partial charge on any atom is -0.354 e. The van der Waals surface area contributed by atoms with Crippen molar-refractivity contribution < 1.29 is 22.4 Å². The lowest BCUT2D eigenvalue weighted by Crippen LogP contribution is -2.53. The second kappa shape index (κ2) is 15.6. The number of halogens is 4. The quantitative estimate of drug-likeness (QED) is 0.162. The molecule has 0 radical (unpaired) electrons. The normalized spacial score (nSPS) is 11.9. The molecular formula is C33H31Cl3FN3O4S. The van der Waals surface area contributed by atoms with Gasteiger partial charge in [0.2, 0.25) is 11.8 Å².